The van der Waals surface area contributed by atoms with Gasteiger partial charge in [-0.1, -0.05) is 18.2 Å². The second kappa shape index (κ2) is 4.21. The predicted molar refractivity (Wildman–Crippen MR) is 72.5 cm³/mol. The van der Waals surface area contributed by atoms with Gasteiger partial charge in [0.1, 0.15) is 0 Å². The molecule has 106 valence electrons. The molecule has 2 aliphatic carbocycles. The molecule has 6 heteroatoms. The summed E-state index contributed by atoms with van der Waals surface area (Å²) in [6.45, 7) is 0. The van der Waals surface area contributed by atoms with Crippen LogP contribution in [0.4, 0.5) is 0 Å². The maximum atomic E-state index is 12.3. The average Bonchev–Trinajstić information content (AvgIpc) is 3.28. The number of fused-ring (bicyclic) bond motifs is 1. The van der Waals surface area contributed by atoms with Crippen molar-refractivity contribution in [3.8, 4) is 5.75 Å². The Kier molecular flexibility index (Phi) is 2.66. The molecule has 2 atom stereocenters. The zero-order valence-corrected chi connectivity index (χ0v) is 11.2. The maximum Gasteiger partial charge on any atom is 0.520 e. The van der Waals surface area contributed by atoms with Crippen molar-refractivity contribution >= 4 is 7.12 Å². The SMILES string of the molecule is [O-][NH+]1Oc2ccccc2C(C2CC2)(C2CC2)C1B(O)O. The molecule has 1 aromatic rings. The Morgan fingerprint density at radius 2 is 1.75 bits per heavy atom. The second-order valence-electron chi connectivity index (χ2n) is 6.29. The molecule has 5 nitrogen and oxygen atoms in total. The van der Waals surface area contributed by atoms with E-state index in [4.69, 9.17) is 4.84 Å². The monoisotopic (exact) mass is 275 g/mol. The number of hydrogen-bond donors (Lipinski definition) is 3. The minimum absolute atomic E-state index is 0.371. The Morgan fingerprint density at radius 3 is 2.30 bits per heavy atom. The van der Waals surface area contributed by atoms with Crippen molar-refractivity contribution in [2.24, 2.45) is 11.8 Å². The molecular weight excluding hydrogens is 257 g/mol. The molecule has 1 aliphatic heterocycles. The van der Waals surface area contributed by atoms with E-state index in [9.17, 15) is 15.3 Å². The molecular formula is C14H18BNO4. The van der Waals surface area contributed by atoms with Gasteiger partial charge in [-0.15, -0.1) is 0 Å². The van der Waals surface area contributed by atoms with Crippen molar-refractivity contribution in [3.05, 3.63) is 35.0 Å². The summed E-state index contributed by atoms with van der Waals surface area (Å²) in [5.74, 6) is 0.497. The van der Waals surface area contributed by atoms with Gasteiger partial charge in [0.15, 0.2) is 11.7 Å². The molecule has 3 N–H and O–H groups in total. The number of hydrogen-bond acceptors (Lipinski definition) is 4. The van der Waals surface area contributed by atoms with Gasteiger partial charge in [0.2, 0.25) is 0 Å². The Balaban J connectivity index is 1.93. The van der Waals surface area contributed by atoms with E-state index in [0.29, 0.717) is 17.6 Å². The first-order chi connectivity index (χ1) is 9.65. The van der Waals surface area contributed by atoms with Gasteiger partial charge in [-0.2, -0.15) is 5.23 Å². The number of hydroxylamine groups is 2. The molecule has 0 bridgehead atoms. The summed E-state index contributed by atoms with van der Waals surface area (Å²) in [5, 5.41) is 31.5. The Hall–Kier alpha value is -1.08. The molecule has 1 aromatic carbocycles. The molecule has 20 heavy (non-hydrogen) atoms. The van der Waals surface area contributed by atoms with Crippen molar-refractivity contribution < 1.29 is 20.1 Å². The molecule has 0 amide bonds. The van der Waals surface area contributed by atoms with Gasteiger partial charge in [-0.05, 0) is 43.6 Å². The molecule has 3 aliphatic rings. The van der Waals surface area contributed by atoms with E-state index in [1.165, 1.54) is 0 Å². The zero-order valence-electron chi connectivity index (χ0n) is 11.2. The van der Waals surface area contributed by atoms with Gasteiger partial charge < -0.3 is 20.1 Å². The first kappa shape index (κ1) is 12.6. The fourth-order valence-corrected chi connectivity index (χ4v) is 4.22. The normalized spacial score (nSPS) is 31.4. The molecule has 4 rings (SSSR count). The minimum Gasteiger partial charge on any atom is -0.591 e. The van der Waals surface area contributed by atoms with Crippen LogP contribution in [0.15, 0.2) is 24.3 Å². The average molecular weight is 275 g/mol. The van der Waals surface area contributed by atoms with E-state index >= 15 is 0 Å². The van der Waals surface area contributed by atoms with Crippen LogP contribution in [0.5, 0.6) is 5.75 Å². The van der Waals surface area contributed by atoms with Crippen molar-refractivity contribution in [2.75, 3.05) is 0 Å². The van der Waals surface area contributed by atoms with E-state index in [1.807, 2.05) is 24.3 Å². The highest BCUT2D eigenvalue weighted by Gasteiger charge is 2.67. The van der Waals surface area contributed by atoms with Gasteiger partial charge in [-0.25, -0.2) is 0 Å². The van der Waals surface area contributed by atoms with Gasteiger partial charge in [0, 0.05) is 5.56 Å². The highest BCUT2D eigenvalue weighted by molar-refractivity contribution is 6.43. The Bertz CT molecular complexity index is 518. The molecule has 0 saturated heterocycles. The molecule has 0 aromatic heterocycles. The number of benzene rings is 1. The van der Waals surface area contributed by atoms with Crippen LogP contribution < -0.4 is 10.1 Å². The van der Waals surface area contributed by atoms with Gasteiger partial charge in [0.05, 0.1) is 5.41 Å². The fourth-order valence-electron chi connectivity index (χ4n) is 4.22. The quantitative estimate of drug-likeness (QED) is 0.528. The first-order valence-electron chi connectivity index (χ1n) is 7.33. The highest BCUT2D eigenvalue weighted by atomic mass is 16.9. The van der Waals surface area contributed by atoms with E-state index < -0.39 is 23.7 Å². The van der Waals surface area contributed by atoms with Crippen LogP contribution in [-0.4, -0.2) is 23.1 Å². The van der Waals surface area contributed by atoms with Gasteiger partial charge in [0.25, 0.3) is 0 Å². The van der Waals surface area contributed by atoms with Crippen LogP contribution in [-0.2, 0) is 5.41 Å². The number of rotatable bonds is 3. The molecule has 0 spiro atoms. The van der Waals surface area contributed by atoms with Crippen molar-refractivity contribution in [2.45, 2.75) is 37.0 Å². The van der Waals surface area contributed by atoms with Crippen molar-refractivity contribution in [1.29, 1.82) is 0 Å². The lowest BCUT2D eigenvalue weighted by molar-refractivity contribution is -1.04. The molecule has 1 heterocycles. The largest absolute Gasteiger partial charge is 0.591 e. The smallest absolute Gasteiger partial charge is 0.520 e. The summed E-state index contributed by atoms with van der Waals surface area (Å²) in [6.07, 6.45) is 4.23. The highest BCUT2D eigenvalue weighted by Crippen LogP contribution is 2.62. The lowest BCUT2D eigenvalue weighted by Crippen LogP contribution is -3.18. The lowest BCUT2D eigenvalue weighted by atomic mass is 9.54. The summed E-state index contributed by atoms with van der Waals surface area (Å²) in [7, 11) is -1.66. The van der Waals surface area contributed by atoms with Crippen LogP contribution in [0.25, 0.3) is 0 Å². The standard InChI is InChI=1S/C14H18BNO4/c17-15(18)13-14(9-5-6-9,10-7-8-10)11-3-1-2-4-12(11)20-16(13)19/h1-4,9-10,13,16-18H,5-8H2. The van der Waals surface area contributed by atoms with E-state index in [-0.39, 0.29) is 0 Å². The van der Waals surface area contributed by atoms with E-state index in [2.05, 4.69) is 0 Å². The fraction of sp³-hybridized carbons (Fsp3) is 0.571. The number of para-hydroxylation sites is 1. The van der Waals surface area contributed by atoms with E-state index in [0.717, 1.165) is 31.2 Å². The summed E-state index contributed by atoms with van der Waals surface area (Å²) < 4.78 is 0. The lowest BCUT2D eigenvalue weighted by Gasteiger charge is -2.48. The van der Waals surface area contributed by atoms with Crippen LogP contribution in [0, 0.1) is 17.0 Å². The molecule has 2 saturated carbocycles. The van der Waals surface area contributed by atoms with Crippen molar-refractivity contribution in [3.63, 3.8) is 0 Å². The van der Waals surface area contributed by atoms with Crippen LogP contribution in [0.1, 0.15) is 31.2 Å². The molecule has 2 fully saturated rings. The topological polar surface area (TPSA) is 77.2 Å². The van der Waals surface area contributed by atoms with Gasteiger partial charge in [-0.3, -0.25) is 0 Å². The second-order valence-corrected chi connectivity index (χ2v) is 6.29. The predicted octanol–water partition coefficient (Wildman–Crippen LogP) is -0.185. The summed E-state index contributed by atoms with van der Waals surface area (Å²) in [6, 6.07) is 7.60. The molecule has 0 radical (unpaired) electrons. The number of quaternary nitrogens is 1. The van der Waals surface area contributed by atoms with Gasteiger partial charge >= 0.3 is 7.12 Å². The minimum atomic E-state index is -1.66. The third kappa shape index (κ3) is 1.59. The summed E-state index contributed by atoms with van der Waals surface area (Å²) in [4.78, 5) is 5.36. The van der Waals surface area contributed by atoms with Crippen molar-refractivity contribution in [1.82, 2.24) is 0 Å². The third-order valence-electron chi connectivity index (χ3n) is 5.14. The first-order valence-corrected chi connectivity index (χ1v) is 7.33. The zero-order chi connectivity index (χ0) is 13.9. The van der Waals surface area contributed by atoms with E-state index in [1.54, 1.807) is 0 Å². The van der Waals surface area contributed by atoms with Crippen LogP contribution in [0.2, 0.25) is 0 Å². The maximum absolute atomic E-state index is 12.3. The Labute approximate surface area is 117 Å². The Morgan fingerprint density at radius 1 is 1.15 bits per heavy atom. The number of nitrogens with one attached hydrogen (secondary N) is 1. The summed E-state index contributed by atoms with van der Waals surface area (Å²) >= 11 is 0. The summed E-state index contributed by atoms with van der Waals surface area (Å²) in [5.41, 5.74) is 0.572. The van der Waals surface area contributed by atoms with Crippen LogP contribution in [0.3, 0.4) is 0 Å². The third-order valence-corrected chi connectivity index (χ3v) is 5.14. The van der Waals surface area contributed by atoms with Crippen LogP contribution >= 0.6 is 0 Å². The molecule has 2 unspecified atom stereocenters.